The van der Waals surface area contributed by atoms with E-state index in [-0.39, 0.29) is 17.9 Å². The smallest absolute Gasteiger partial charge is 0.305 e. The van der Waals surface area contributed by atoms with Crippen LogP contribution in [0.1, 0.15) is 43.7 Å². The molecular formula is C43H47BN2O3. The Hall–Kier alpha value is -4.94. The van der Waals surface area contributed by atoms with Crippen molar-refractivity contribution in [3.63, 3.8) is 0 Å². The van der Waals surface area contributed by atoms with Crippen LogP contribution in [0, 0.1) is 0 Å². The molecule has 0 bridgehead atoms. The van der Waals surface area contributed by atoms with E-state index in [1.807, 2.05) is 0 Å². The molecule has 0 unspecified atom stereocenters. The summed E-state index contributed by atoms with van der Waals surface area (Å²) in [6.07, 6.45) is 1.85. The number of esters is 1. The number of quaternary nitrogens is 1. The van der Waals surface area contributed by atoms with E-state index < -0.39 is 6.15 Å². The van der Waals surface area contributed by atoms with E-state index in [4.69, 9.17) is 4.74 Å². The average molecular weight is 651 g/mol. The minimum atomic E-state index is -1.22. The molecule has 1 spiro atoms. The number of nitrogens with zero attached hydrogens (tertiary/aromatic N) is 1. The maximum Gasteiger partial charge on any atom is 0.305 e. The van der Waals surface area contributed by atoms with Gasteiger partial charge in [0.1, 0.15) is 19.2 Å². The Morgan fingerprint density at radius 2 is 1.10 bits per heavy atom. The molecule has 5 aromatic rings. The number of ether oxygens (including phenoxy) is 1. The first-order valence-corrected chi connectivity index (χ1v) is 17.8. The highest BCUT2D eigenvalue weighted by Gasteiger charge is 2.49. The van der Waals surface area contributed by atoms with Gasteiger partial charge in [-0.2, -0.15) is 21.9 Å². The van der Waals surface area contributed by atoms with Crippen molar-refractivity contribution >= 4 is 39.9 Å². The summed E-state index contributed by atoms with van der Waals surface area (Å²) < 4.78 is 5.78. The topological polar surface area (TPSA) is 55.4 Å². The molecule has 250 valence electrons. The van der Waals surface area contributed by atoms with Gasteiger partial charge in [0.25, 0.3) is 5.91 Å². The lowest BCUT2D eigenvalue weighted by Gasteiger charge is -2.44. The predicted molar refractivity (Wildman–Crippen MR) is 201 cm³/mol. The van der Waals surface area contributed by atoms with E-state index in [2.05, 4.69) is 151 Å². The van der Waals surface area contributed by atoms with Crippen LogP contribution in [0.4, 0.5) is 0 Å². The molecule has 5 aromatic carbocycles. The number of carbonyl (C=O) groups excluding carboxylic acids is 2. The van der Waals surface area contributed by atoms with E-state index in [0.717, 1.165) is 37.0 Å². The second-order valence-electron chi connectivity index (χ2n) is 13.4. The van der Waals surface area contributed by atoms with Gasteiger partial charge in [0.15, 0.2) is 6.04 Å². The Labute approximate surface area is 291 Å². The van der Waals surface area contributed by atoms with E-state index in [1.165, 1.54) is 33.0 Å². The molecule has 0 radical (unpaired) electrons. The van der Waals surface area contributed by atoms with Crippen molar-refractivity contribution in [1.82, 2.24) is 5.32 Å². The van der Waals surface area contributed by atoms with Gasteiger partial charge >= 0.3 is 5.97 Å². The van der Waals surface area contributed by atoms with Crippen LogP contribution in [0.5, 0.6) is 0 Å². The third kappa shape index (κ3) is 7.40. The van der Waals surface area contributed by atoms with Gasteiger partial charge in [-0.05, 0) is 13.3 Å². The molecular weight excluding hydrogens is 603 g/mol. The first-order valence-electron chi connectivity index (χ1n) is 17.8. The normalized spacial score (nSPS) is 15.9. The molecule has 49 heavy (non-hydrogen) atoms. The Bertz CT molecular complexity index is 1610. The van der Waals surface area contributed by atoms with Crippen molar-refractivity contribution in [3.05, 3.63) is 157 Å². The van der Waals surface area contributed by atoms with Gasteiger partial charge in [-0.1, -0.05) is 146 Å². The Kier molecular flexibility index (Phi) is 11.1. The summed E-state index contributed by atoms with van der Waals surface area (Å²) in [5.41, 5.74) is 8.13. The summed E-state index contributed by atoms with van der Waals surface area (Å²) >= 11 is 0. The fourth-order valence-corrected chi connectivity index (χ4v) is 8.30. The molecule has 0 saturated carbocycles. The van der Waals surface area contributed by atoms with E-state index in [0.29, 0.717) is 26.0 Å². The molecule has 5 nitrogen and oxygen atoms in total. The zero-order valence-corrected chi connectivity index (χ0v) is 28.5. The maximum absolute atomic E-state index is 12.7. The second kappa shape index (κ2) is 16.0. The van der Waals surface area contributed by atoms with Crippen LogP contribution in [-0.2, 0) is 27.4 Å². The monoisotopic (exact) mass is 650 g/mol. The average Bonchev–Trinajstić information content (AvgIpc) is 3.75. The molecule has 1 saturated heterocycles. The lowest BCUT2D eigenvalue weighted by molar-refractivity contribution is -0.950. The summed E-state index contributed by atoms with van der Waals surface area (Å²) in [4.78, 5) is 24.0. The van der Waals surface area contributed by atoms with E-state index in [1.54, 1.807) is 6.92 Å². The van der Waals surface area contributed by atoms with Gasteiger partial charge < -0.3 is 14.5 Å². The fourth-order valence-electron chi connectivity index (χ4n) is 8.30. The van der Waals surface area contributed by atoms with Crippen LogP contribution in [-0.4, -0.2) is 48.2 Å². The van der Waals surface area contributed by atoms with Crippen LogP contribution in [0.15, 0.2) is 146 Å². The van der Waals surface area contributed by atoms with Crippen LogP contribution in [0.3, 0.4) is 0 Å². The van der Waals surface area contributed by atoms with Gasteiger partial charge in [0.2, 0.25) is 0 Å². The molecule has 1 amide bonds. The van der Waals surface area contributed by atoms with E-state index >= 15 is 0 Å². The number of carbonyl (C=O) groups is 2. The summed E-state index contributed by atoms with van der Waals surface area (Å²) in [6, 6.07) is 52.1. The summed E-state index contributed by atoms with van der Waals surface area (Å²) in [7, 11) is 0. The van der Waals surface area contributed by atoms with Crippen LogP contribution < -0.4 is 27.2 Å². The van der Waals surface area contributed by atoms with Gasteiger partial charge in [0.05, 0.1) is 13.2 Å². The van der Waals surface area contributed by atoms with Crippen molar-refractivity contribution in [2.75, 3.05) is 19.7 Å². The van der Waals surface area contributed by atoms with Crippen LogP contribution in [0.25, 0.3) is 0 Å². The van der Waals surface area contributed by atoms with E-state index in [9.17, 15) is 9.59 Å². The van der Waals surface area contributed by atoms with Crippen molar-refractivity contribution in [2.24, 2.45) is 0 Å². The maximum atomic E-state index is 12.7. The highest BCUT2D eigenvalue weighted by atomic mass is 16.5. The van der Waals surface area contributed by atoms with Gasteiger partial charge in [-0.25, -0.2) is 0 Å². The molecule has 0 aliphatic carbocycles. The molecule has 2 aliphatic rings. The lowest BCUT2D eigenvalue weighted by atomic mass is 9.13. The Morgan fingerprint density at radius 3 is 1.53 bits per heavy atom. The highest BCUT2D eigenvalue weighted by Crippen LogP contribution is 2.38. The SMILES string of the molecule is CCOC(=O)CCCNC(=O)[C@H]1CCC[N+]12Cc1ccccc1C2.c1ccc([B-](c2ccccc2)(c2ccccc2)c2ccccc2)cc1. The molecule has 1 N–H and O–H groups in total. The molecule has 7 rings (SSSR count). The predicted octanol–water partition coefficient (Wildman–Crippen LogP) is 5.20. The largest absolute Gasteiger partial charge is 0.466 e. The molecule has 0 aromatic heterocycles. The lowest BCUT2D eigenvalue weighted by Crippen LogP contribution is -2.74. The number of hydrogen-bond acceptors (Lipinski definition) is 3. The van der Waals surface area contributed by atoms with Crippen LogP contribution >= 0.6 is 0 Å². The van der Waals surface area contributed by atoms with Crippen molar-refractivity contribution in [2.45, 2.75) is 51.7 Å². The molecule has 2 heterocycles. The Balaban J connectivity index is 0.000000170. The number of amides is 1. The molecule has 1 atom stereocenters. The van der Waals surface area contributed by atoms with Crippen molar-refractivity contribution in [3.8, 4) is 0 Å². The second-order valence-corrected chi connectivity index (χ2v) is 13.4. The molecule has 2 aliphatic heterocycles. The number of benzene rings is 5. The van der Waals surface area contributed by atoms with Crippen molar-refractivity contribution in [1.29, 1.82) is 0 Å². The quantitative estimate of drug-likeness (QED) is 0.0979. The molecule has 1 fully saturated rings. The van der Waals surface area contributed by atoms with Gasteiger partial charge in [-0.3, -0.25) is 9.59 Å². The number of nitrogens with one attached hydrogen (secondary N) is 1. The van der Waals surface area contributed by atoms with Gasteiger partial charge in [-0.15, -0.1) is 0 Å². The summed E-state index contributed by atoms with van der Waals surface area (Å²) in [6.45, 7) is 5.77. The number of rotatable bonds is 10. The summed E-state index contributed by atoms with van der Waals surface area (Å²) in [5.74, 6) is -0.0460. The third-order valence-corrected chi connectivity index (χ3v) is 10.5. The first kappa shape index (κ1) is 33.9. The standard InChI is InChI=1S/C24H20B.C19H26N2O3/c1-5-13-21(14-6-1)25(22-15-7-2-8-16-22,23-17-9-3-10-18-23)24-19-11-4-12-20-24;1-2-24-18(22)10-5-11-20-19(23)17-9-6-12-21(17)13-15-7-3-4-8-16(15)14-21/h1-20H;3-4,7-8,17H,2,5-6,9-14H2,1H3/q-1;/p+1/t;17-/m.1/s1. The van der Waals surface area contributed by atoms with Gasteiger partial charge in [0, 0.05) is 36.9 Å². The van der Waals surface area contributed by atoms with Crippen LogP contribution in [0.2, 0.25) is 0 Å². The zero-order chi connectivity index (χ0) is 33.9. The fraction of sp³-hybridized carbons (Fsp3) is 0.256. The zero-order valence-electron chi connectivity index (χ0n) is 28.5. The number of fused-ring (bicyclic) bond motifs is 1. The van der Waals surface area contributed by atoms with Crippen molar-refractivity contribution < 1.29 is 18.8 Å². The highest BCUT2D eigenvalue weighted by molar-refractivity contribution is 7.19. The molecule has 6 heteroatoms. The minimum Gasteiger partial charge on any atom is -0.466 e. The Morgan fingerprint density at radius 1 is 0.673 bits per heavy atom. The first-order chi connectivity index (χ1) is 24.1. The summed E-state index contributed by atoms with van der Waals surface area (Å²) in [5, 5.41) is 3.04. The minimum absolute atomic E-state index is 0.0417. The number of hydrogen-bond donors (Lipinski definition) is 1. The third-order valence-electron chi connectivity index (χ3n) is 10.5.